The van der Waals surface area contributed by atoms with E-state index in [-0.39, 0.29) is 0 Å². The summed E-state index contributed by atoms with van der Waals surface area (Å²) in [4.78, 5) is 4.43. The Morgan fingerprint density at radius 3 is 2.75 bits per heavy atom. The highest BCUT2D eigenvalue weighted by Gasteiger charge is 2.25. The van der Waals surface area contributed by atoms with Crippen LogP contribution < -0.4 is 5.32 Å². The highest BCUT2D eigenvalue weighted by atomic mass is 15.0. The molecule has 16 heavy (non-hydrogen) atoms. The first kappa shape index (κ1) is 11.6. The summed E-state index contributed by atoms with van der Waals surface area (Å²) in [5.41, 5.74) is 2.81. The van der Waals surface area contributed by atoms with Crippen molar-refractivity contribution < 1.29 is 0 Å². The molecule has 1 aromatic heterocycles. The molecular formula is C14H22N2. The molecule has 0 amide bonds. The van der Waals surface area contributed by atoms with Gasteiger partial charge in [-0.2, -0.15) is 0 Å². The van der Waals surface area contributed by atoms with E-state index in [1.165, 1.54) is 43.4 Å². The Balaban J connectivity index is 1.94. The number of nitrogens with one attached hydrogen (secondary N) is 1. The largest absolute Gasteiger partial charge is 0.306 e. The van der Waals surface area contributed by atoms with Gasteiger partial charge in [-0.1, -0.05) is 25.3 Å². The quantitative estimate of drug-likeness (QED) is 0.842. The minimum Gasteiger partial charge on any atom is -0.306 e. The monoisotopic (exact) mass is 218 g/mol. The van der Waals surface area contributed by atoms with Gasteiger partial charge in [0.15, 0.2) is 0 Å². The van der Waals surface area contributed by atoms with Crippen LogP contribution in [0.4, 0.5) is 0 Å². The first-order valence-electron chi connectivity index (χ1n) is 6.35. The van der Waals surface area contributed by atoms with Crippen molar-refractivity contribution in [2.24, 2.45) is 0 Å². The molecule has 1 aromatic rings. The van der Waals surface area contributed by atoms with Crippen molar-refractivity contribution in [3.63, 3.8) is 0 Å². The third-order valence-corrected chi connectivity index (χ3v) is 3.76. The summed E-state index contributed by atoms with van der Waals surface area (Å²) in [6, 6.07) is 4.13. The molecule has 0 spiro atoms. The number of nitrogens with zero attached hydrogens (tertiary/aromatic N) is 1. The lowest BCUT2D eigenvalue weighted by atomic mass is 9.83. The van der Waals surface area contributed by atoms with Crippen LogP contribution in [0.2, 0.25) is 0 Å². The van der Waals surface area contributed by atoms with Gasteiger partial charge in [-0.3, -0.25) is 4.98 Å². The zero-order chi connectivity index (χ0) is 11.4. The zero-order valence-electron chi connectivity index (χ0n) is 10.4. The van der Waals surface area contributed by atoms with E-state index in [1.807, 2.05) is 12.3 Å². The molecule has 0 aromatic carbocycles. The third-order valence-electron chi connectivity index (χ3n) is 3.76. The molecule has 1 aliphatic carbocycles. The third kappa shape index (κ3) is 2.82. The molecular weight excluding hydrogens is 196 g/mol. The van der Waals surface area contributed by atoms with Crippen LogP contribution in [-0.2, 0) is 6.54 Å². The molecule has 0 atom stereocenters. The van der Waals surface area contributed by atoms with Crippen LogP contribution in [0.15, 0.2) is 18.3 Å². The van der Waals surface area contributed by atoms with Crippen molar-refractivity contribution in [1.29, 1.82) is 0 Å². The van der Waals surface area contributed by atoms with Gasteiger partial charge in [0, 0.05) is 18.3 Å². The Hall–Kier alpha value is -0.890. The fourth-order valence-corrected chi connectivity index (χ4v) is 2.51. The summed E-state index contributed by atoms with van der Waals surface area (Å²) < 4.78 is 0. The summed E-state index contributed by atoms with van der Waals surface area (Å²) in [6.45, 7) is 5.39. The van der Waals surface area contributed by atoms with Crippen LogP contribution >= 0.6 is 0 Å². The minimum absolute atomic E-state index is 0.336. The minimum atomic E-state index is 0.336. The van der Waals surface area contributed by atoms with E-state index in [1.54, 1.807) is 0 Å². The standard InChI is InChI=1S/C14H22N2/c1-12-7-6-10-15-13(12)11-16-14(2)8-4-3-5-9-14/h6-7,10,16H,3-5,8-9,11H2,1-2H3. The van der Waals surface area contributed by atoms with Crippen molar-refractivity contribution in [2.75, 3.05) is 0 Å². The molecule has 1 N–H and O–H groups in total. The molecule has 0 bridgehead atoms. The summed E-state index contributed by atoms with van der Waals surface area (Å²) in [5.74, 6) is 0. The maximum atomic E-state index is 4.43. The van der Waals surface area contributed by atoms with Crippen LogP contribution in [0.5, 0.6) is 0 Å². The van der Waals surface area contributed by atoms with Gasteiger partial charge in [0.2, 0.25) is 0 Å². The Kier molecular flexibility index (Phi) is 3.59. The molecule has 88 valence electrons. The average Bonchev–Trinajstić information content (AvgIpc) is 2.29. The van der Waals surface area contributed by atoms with Crippen LogP contribution in [-0.4, -0.2) is 10.5 Å². The fourth-order valence-electron chi connectivity index (χ4n) is 2.51. The first-order valence-corrected chi connectivity index (χ1v) is 6.35. The van der Waals surface area contributed by atoms with E-state index < -0.39 is 0 Å². The van der Waals surface area contributed by atoms with E-state index in [2.05, 4.69) is 30.2 Å². The molecule has 1 fully saturated rings. The van der Waals surface area contributed by atoms with Crippen molar-refractivity contribution in [1.82, 2.24) is 10.3 Å². The Bertz CT molecular complexity index is 340. The van der Waals surface area contributed by atoms with Gasteiger partial charge in [0.1, 0.15) is 0 Å². The zero-order valence-corrected chi connectivity index (χ0v) is 10.4. The molecule has 1 saturated carbocycles. The molecule has 1 heterocycles. The van der Waals surface area contributed by atoms with E-state index >= 15 is 0 Å². The van der Waals surface area contributed by atoms with Crippen molar-refractivity contribution in [3.05, 3.63) is 29.6 Å². The van der Waals surface area contributed by atoms with Gasteiger partial charge < -0.3 is 5.32 Å². The van der Waals surface area contributed by atoms with Gasteiger partial charge >= 0.3 is 0 Å². The Morgan fingerprint density at radius 2 is 2.06 bits per heavy atom. The second kappa shape index (κ2) is 4.96. The summed E-state index contributed by atoms with van der Waals surface area (Å²) in [7, 11) is 0. The Morgan fingerprint density at radius 1 is 1.31 bits per heavy atom. The summed E-state index contributed by atoms with van der Waals surface area (Å²) in [5, 5.41) is 3.69. The topological polar surface area (TPSA) is 24.9 Å². The number of aryl methyl sites for hydroxylation is 1. The van der Waals surface area contributed by atoms with Crippen molar-refractivity contribution in [3.8, 4) is 0 Å². The highest BCUT2D eigenvalue weighted by Crippen LogP contribution is 2.27. The number of hydrogen-bond acceptors (Lipinski definition) is 2. The maximum Gasteiger partial charge on any atom is 0.0570 e. The van der Waals surface area contributed by atoms with Gasteiger partial charge in [0.05, 0.1) is 5.69 Å². The smallest absolute Gasteiger partial charge is 0.0570 e. The molecule has 0 aliphatic heterocycles. The molecule has 0 radical (unpaired) electrons. The number of pyridine rings is 1. The van der Waals surface area contributed by atoms with E-state index in [9.17, 15) is 0 Å². The lowest BCUT2D eigenvalue weighted by Crippen LogP contribution is -2.43. The molecule has 1 aliphatic rings. The second-order valence-electron chi connectivity index (χ2n) is 5.24. The van der Waals surface area contributed by atoms with Gasteiger partial charge in [-0.25, -0.2) is 0 Å². The normalized spacial score (nSPS) is 19.6. The molecule has 2 heteroatoms. The molecule has 0 unspecified atom stereocenters. The molecule has 2 rings (SSSR count). The van der Waals surface area contributed by atoms with E-state index in [4.69, 9.17) is 0 Å². The lowest BCUT2D eigenvalue weighted by molar-refractivity contribution is 0.251. The van der Waals surface area contributed by atoms with Crippen LogP contribution in [0.3, 0.4) is 0 Å². The fraction of sp³-hybridized carbons (Fsp3) is 0.643. The van der Waals surface area contributed by atoms with Gasteiger partial charge in [0.25, 0.3) is 0 Å². The number of aromatic nitrogens is 1. The predicted molar refractivity (Wildman–Crippen MR) is 67.3 cm³/mol. The first-order chi connectivity index (χ1) is 7.70. The number of hydrogen-bond donors (Lipinski definition) is 1. The van der Waals surface area contributed by atoms with Crippen molar-refractivity contribution in [2.45, 2.75) is 58.0 Å². The van der Waals surface area contributed by atoms with Gasteiger partial charge in [-0.05, 0) is 38.3 Å². The highest BCUT2D eigenvalue weighted by molar-refractivity contribution is 5.17. The SMILES string of the molecule is Cc1cccnc1CNC1(C)CCCCC1. The van der Waals surface area contributed by atoms with E-state index in [0.717, 1.165) is 6.54 Å². The lowest BCUT2D eigenvalue weighted by Gasteiger charge is -2.34. The number of rotatable bonds is 3. The summed E-state index contributed by atoms with van der Waals surface area (Å²) >= 11 is 0. The maximum absolute atomic E-state index is 4.43. The predicted octanol–water partition coefficient (Wildman–Crippen LogP) is 3.20. The Labute approximate surface area is 98.5 Å². The van der Waals surface area contributed by atoms with Gasteiger partial charge in [-0.15, -0.1) is 0 Å². The average molecular weight is 218 g/mol. The van der Waals surface area contributed by atoms with Crippen molar-refractivity contribution >= 4 is 0 Å². The second-order valence-corrected chi connectivity index (χ2v) is 5.24. The van der Waals surface area contributed by atoms with Crippen LogP contribution in [0.25, 0.3) is 0 Å². The van der Waals surface area contributed by atoms with Crippen LogP contribution in [0.1, 0.15) is 50.3 Å². The summed E-state index contributed by atoms with van der Waals surface area (Å²) in [6.07, 6.45) is 8.63. The molecule has 0 saturated heterocycles. The molecule has 2 nitrogen and oxygen atoms in total. The van der Waals surface area contributed by atoms with Crippen LogP contribution in [0, 0.1) is 6.92 Å². The van der Waals surface area contributed by atoms with E-state index in [0.29, 0.717) is 5.54 Å².